The first-order valence-electron chi connectivity index (χ1n) is 9.53. The van der Waals surface area contributed by atoms with Crippen molar-refractivity contribution in [3.63, 3.8) is 0 Å². The molecule has 8 nitrogen and oxygen atoms in total. The van der Waals surface area contributed by atoms with Crippen LogP contribution in [0.4, 0.5) is 5.82 Å². The van der Waals surface area contributed by atoms with E-state index < -0.39 is 10.0 Å². The quantitative estimate of drug-likeness (QED) is 0.508. The third-order valence-electron chi connectivity index (χ3n) is 4.65. The largest absolute Gasteiger partial charge is 0.497 e. The molecule has 166 valence electrons. The van der Waals surface area contributed by atoms with Crippen molar-refractivity contribution in [2.24, 2.45) is 0 Å². The van der Waals surface area contributed by atoms with Crippen LogP contribution >= 0.6 is 23.2 Å². The number of hydrogen-bond acceptors (Lipinski definition) is 7. The van der Waals surface area contributed by atoms with E-state index in [0.717, 1.165) is 5.56 Å². The fraction of sp³-hybridized carbons (Fsp3) is 0.190. The Labute approximate surface area is 195 Å². The summed E-state index contributed by atoms with van der Waals surface area (Å²) in [5.74, 6) is 0.635. The lowest BCUT2D eigenvalue weighted by Crippen LogP contribution is -2.19. The molecule has 1 N–H and O–H groups in total. The standard InChI is InChI=1S/C21H18Cl2N4O4S/c1-30-14-9-7-13(8-10-14)12-31-21-20(26-19-16(25-21)5-3-11-24-19)27-32(28,29)17-6-2-4-15(22)18(17)23/h3-5,7-11H,2,6,12H2,1H3,(H,24,26,27). The van der Waals surface area contributed by atoms with Crippen LogP contribution in [0.15, 0.2) is 63.6 Å². The highest BCUT2D eigenvalue weighted by Gasteiger charge is 2.27. The summed E-state index contributed by atoms with van der Waals surface area (Å²) in [6.45, 7) is 0.136. The molecule has 0 radical (unpaired) electrons. The molecule has 0 unspecified atom stereocenters. The van der Waals surface area contributed by atoms with E-state index in [1.54, 1.807) is 37.5 Å². The Morgan fingerprint density at radius 1 is 1.12 bits per heavy atom. The zero-order chi connectivity index (χ0) is 22.7. The van der Waals surface area contributed by atoms with E-state index in [-0.39, 0.29) is 45.3 Å². The van der Waals surface area contributed by atoms with E-state index >= 15 is 0 Å². The highest BCUT2D eigenvalue weighted by atomic mass is 35.5. The van der Waals surface area contributed by atoms with Gasteiger partial charge in [-0.05, 0) is 42.7 Å². The predicted octanol–water partition coefficient (Wildman–Crippen LogP) is 4.72. The maximum absolute atomic E-state index is 13.0. The fourth-order valence-electron chi connectivity index (χ4n) is 3.02. The number of benzene rings is 1. The summed E-state index contributed by atoms with van der Waals surface area (Å²) < 4.78 is 39.5. The lowest BCUT2D eigenvalue weighted by Gasteiger charge is -2.17. The van der Waals surface area contributed by atoms with Crippen LogP contribution in [0.25, 0.3) is 11.2 Å². The van der Waals surface area contributed by atoms with Gasteiger partial charge < -0.3 is 9.47 Å². The predicted molar refractivity (Wildman–Crippen MR) is 123 cm³/mol. The van der Waals surface area contributed by atoms with Gasteiger partial charge in [0, 0.05) is 6.20 Å². The molecule has 0 fully saturated rings. The molecule has 0 spiro atoms. The summed E-state index contributed by atoms with van der Waals surface area (Å²) in [6.07, 6.45) is 3.88. The first-order chi connectivity index (χ1) is 15.4. The second kappa shape index (κ2) is 9.32. The minimum Gasteiger partial charge on any atom is -0.497 e. The normalized spacial score (nSPS) is 14.3. The molecule has 0 amide bonds. The lowest BCUT2D eigenvalue weighted by molar-refractivity contribution is 0.295. The molecule has 1 aliphatic carbocycles. The Balaban J connectivity index is 1.67. The Hall–Kier alpha value is -2.88. The van der Waals surface area contributed by atoms with Crippen LogP contribution < -0.4 is 14.2 Å². The zero-order valence-corrected chi connectivity index (χ0v) is 19.2. The second-order valence-electron chi connectivity index (χ2n) is 6.79. The molecule has 3 aromatic rings. The molecule has 0 bridgehead atoms. The van der Waals surface area contributed by atoms with E-state index in [1.165, 1.54) is 6.20 Å². The molecular weight excluding hydrogens is 475 g/mol. The van der Waals surface area contributed by atoms with Gasteiger partial charge in [-0.2, -0.15) is 0 Å². The van der Waals surface area contributed by atoms with E-state index in [0.29, 0.717) is 17.7 Å². The number of aromatic nitrogens is 3. The summed E-state index contributed by atoms with van der Waals surface area (Å²) >= 11 is 12.2. The van der Waals surface area contributed by atoms with Crippen LogP contribution in [0.3, 0.4) is 0 Å². The molecular formula is C21H18Cl2N4O4S. The SMILES string of the molecule is COc1ccc(COc2nc3cccnc3nc2NS(=O)(=O)C2=C(Cl)C(Cl)=CCC2)cc1. The number of sulfonamides is 1. The van der Waals surface area contributed by atoms with Gasteiger partial charge in [0.2, 0.25) is 5.82 Å². The summed E-state index contributed by atoms with van der Waals surface area (Å²) in [6, 6.07) is 10.7. The topological polar surface area (TPSA) is 103 Å². The van der Waals surface area contributed by atoms with Crippen molar-refractivity contribution in [1.82, 2.24) is 15.0 Å². The molecule has 0 atom stereocenters. The molecule has 11 heteroatoms. The Kier molecular flexibility index (Phi) is 6.50. The van der Waals surface area contributed by atoms with Gasteiger partial charge in [-0.1, -0.05) is 41.4 Å². The monoisotopic (exact) mass is 492 g/mol. The molecule has 32 heavy (non-hydrogen) atoms. The number of fused-ring (bicyclic) bond motifs is 1. The number of anilines is 1. The van der Waals surface area contributed by atoms with Crippen LogP contribution in [0.1, 0.15) is 18.4 Å². The van der Waals surface area contributed by atoms with Crippen molar-refractivity contribution in [2.75, 3.05) is 11.8 Å². The van der Waals surface area contributed by atoms with Gasteiger partial charge in [0.1, 0.15) is 17.9 Å². The Bertz CT molecular complexity index is 1330. The number of pyridine rings is 1. The van der Waals surface area contributed by atoms with Crippen molar-refractivity contribution >= 4 is 50.2 Å². The van der Waals surface area contributed by atoms with Crippen LogP contribution in [0, 0.1) is 0 Å². The summed E-state index contributed by atoms with van der Waals surface area (Å²) in [4.78, 5) is 12.8. The summed E-state index contributed by atoms with van der Waals surface area (Å²) in [7, 11) is -2.47. The van der Waals surface area contributed by atoms with Crippen molar-refractivity contribution in [2.45, 2.75) is 19.4 Å². The zero-order valence-electron chi connectivity index (χ0n) is 16.9. The number of nitrogens with zero attached hydrogens (tertiary/aromatic N) is 3. The fourth-order valence-corrected chi connectivity index (χ4v) is 5.02. The number of hydrogen-bond donors (Lipinski definition) is 1. The third kappa shape index (κ3) is 4.79. The van der Waals surface area contributed by atoms with Crippen LogP contribution in [0.5, 0.6) is 11.6 Å². The van der Waals surface area contributed by atoms with Crippen LogP contribution in [-0.4, -0.2) is 30.5 Å². The minimum atomic E-state index is -4.06. The van der Waals surface area contributed by atoms with Gasteiger partial charge in [-0.15, -0.1) is 0 Å². The molecule has 2 aromatic heterocycles. The van der Waals surface area contributed by atoms with Gasteiger partial charge in [0.25, 0.3) is 15.9 Å². The summed E-state index contributed by atoms with van der Waals surface area (Å²) in [5, 5.41) is 0.179. The smallest absolute Gasteiger partial charge is 0.260 e. The van der Waals surface area contributed by atoms with Crippen molar-refractivity contribution in [3.05, 3.63) is 69.2 Å². The lowest BCUT2D eigenvalue weighted by atomic mass is 10.2. The highest BCUT2D eigenvalue weighted by Crippen LogP contribution is 2.35. The number of rotatable bonds is 7. The van der Waals surface area contributed by atoms with Gasteiger partial charge in [-0.3, -0.25) is 4.72 Å². The van der Waals surface area contributed by atoms with E-state index in [4.69, 9.17) is 32.7 Å². The molecule has 4 rings (SSSR count). The highest BCUT2D eigenvalue weighted by molar-refractivity contribution is 7.96. The molecule has 0 aliphatic heterocycles. The van der Waals surface area contributed by atoms with Gasteiger partial charge >= 0.3 is 0 Å². The van der Waals surface area contributed by atoms with E-state index in [1.807, 2.05) is 12.1 Å². The van der Waals surface area contributed by atoms with Crippen LogP contribution in [0.2, 0.25) is 0 Å². The number of halogens is 2. The molecule has 0 saturated carbocycles. The van der Waals surface area contributed by atoms with Crippen molar-refractivity contribution < 1.29 is 17.9 Å². The van der Waals surface area contributed by atoms with Crippen molar-refractivity contribution in [3.8, 4) is 11.6 Å². The van der Waals surface area contributed by atoms with Crippen LogP contribution in [-0.2, 0) is 16.6 Å². The molecule has 0 saturated heterocycles. The minimum absolute atomic E-state index is 0.0130. The summed E-state index contributed by atoms with van der Waals surface area (Å²) in [5.41, 5.74) is 1.56. The third-order valence-corrected chi connectivity index (χ3v) is 7.15. The van der Waals surface area contributed by atoms with E-state index in [2.05, 4.69) is 19.7 Å². The maximum Gasteiger partial charge on any atom is 0.260 e. The molecule has 2 heterocycles. The average molecular weight is 493 g/mol. The molecule has 1 aromatic carbocycles. The van der Waals surface area contributed by atoms with Gasteiger partial charge in [0.05, 0.1) is 22.1 Å². The first-order valence-corrected chi connectivity index (χ1v) is 11.8. The van der Waals surface area contributed by atoms with E-state index in [9.17, 15) is 8.42 Å². The molecule has 1 aliphatic rings. The number of ether oxygens (including phenoxy) is 2. The Morgan fingerprint density at radius 3 is 2.66 bits per heavy atom. The number of methoxy groups -OCH3 is 1. The second-order valence-corrected chi connectivity index (χ2v) is 9.28. The first kappa shape index (κ1) is 22.3. The maximum atomic E-state index is 13.0. The van der Waals surface area contributed by atoms with Gasteiger partial charge in [-0.25, -0.2) is 23.4 Å². The average Bonchev–Trinajstić information content (AvgIpc) is 2.79. The number of nitrogens with one attached hydrogen (secondary N) is 1. The van der Waals surface area contributed by atoms with Crippen molar-refractivity contribution in [1.29, 1.82) is 0 Å². The number of allylic oxidation sites excluding steroid dienone is 4. The Morgan fingerprint density at radius 2 is 1.91 bits per heavy atom. The van der Waals surface area contributed by atoms with Gasteiger partial charge in [0.15, 0.2) is 5.65 Å².